The predicted octanol–water partition coefficient (Wildman–Crippen LogP) is 2.54. The third kappa shape index (κ3) is 3.76. The van der Waals surface area contributed by atoms with Crippen LogP contribution in [-0.4, -0.2) is 35.7 Å². The lowest BCUT2D eigenvalue weighted by Crippen LogP contribution is -2.37. The van der Waals surface area contributed by atoms with Crippen LogP contribution in [0.25, 0.3) is 11.1 Å². The van der Waals surface area contributed by atoms with Gasteiger partial charge in [-0.1, -0.05) is 36.4 Å². The maximum atomic E-state index is 12.3. The fraction of sp³-hybridized carbons (Fsp3) is 0.250. The van der Waals surface area contributed by atoms with Gasteiger partial charge in [0.05, 0.1) is 0 Å². The zero-order chi connectivity index (χ0) is 17.8. The second kappa shape index (κ2) is 7.30. The van der Waals surface area contributed by atoms with Crippen molar-refractivity contribution in [3.63, 3.8) is 0 Å². The van der Waals surface area contributed by atoms with Crippen molar-refractivity contribution in [1.82, 2.24) is 10.2 Å². The van der Waals surface area contributed by atoms with E-state index in [1.807, 2.05) is 49.4 Å². The molecule has 1 heterocycles. The van der Waals surface area contributed by atoms with Crippen molar-refractivity contribution in [3.05, 3.63) is 59.7 Å². The van der Waals surface area contributed by atoms with E-state index in [9.17, 15) is 14.4 Å². The van der Waals surface area contributed by atoms with Crippen molar-refractivity contribution in [2.45, 2.75) is 19.8 Å². The Balaban J connectivity index is 1.62. The summed E-state index contributed by atoms with van der Waals surface area (Å²) in [5, 5.41) is 2.77. The predicted molar refractivity (Wildman–Crippen MR) is 94.9 cm³/mol. The molecule has 1 N–H and O–H groups in total. The minimum absolute atomic E-state index is 0.165. The van der Waals surface area contributed by atoms with Crippen LogP contribution in [0.1, 0.15) is 28.8 Å². The summed E-state index contributed by atoms with van der Waals surface area (Å²) in [6, 6.07) is 15.6. The van der Waals surface area contributed by atoms with Gasteiger partial charge in [-0.3, -0.25) is 19.3 Å². The Hall–Kier alpha value is -2.95. The average Bonchev–Trinajstić information content (AvgIpc) is 2.94. The van der Waals surface area contributed by atoms with Gasteiger partial charge in [-0.25, -0.2) is 0 Å². The number of nitrogens with zero attached hydrogens (tertiary/aromatic N) is 1. The van der Waals surface area contributed by atoms with Gasteiger partial charge < -0.3 is 5.32 Å². The summed E-state index contributed by atoms with van der Waals surface area (Å²) in [6.07, 6.45) is 0.542. The first kappa shape index (κ1) is 16.9. The Kier molecular flexibility index (Phi) is 4.93. The summed E-state index contributed by atoms with van der Waals surface area (Å²) in [6.45, 7) is 2.46. The highest BCUT2D eigenvalue weighted by Crippen LogP contribution is 2.24. The summed E-state index contributed by atoms with van der Waals surface area (Å²) in [5.41, 5.74) is 3.78. The lowest BCUT2D eigenvalue weighted by Gasteiger charge is -2.14. The Labute approximate surface area is 146 Å². The molecule has 0 atom stereocenters. The molecule has 1 fully saturated rings. The zero-order valence-corrected chi connectivity index (χ0v) is 14.1. The molecule has 5 heteroatoms. The molecular weight excluding hydrogens is 316 g/mol. The van der Waals surface area contributed by atoms with Crippen LogP contribution in [0.3, 0.4) is 0 Å². The van der Waals surface area contributed by atoms with E-state index >= 15 is 0 Å². The van der Waals surface area contributed by atoms with Gasteiger partial charge >= 0.3 is 0 Å². The summed E-state index contributed by atoms with van der Waals surface area (Å²) in [4.78, 5) is 36.6. The van der Waals surface area contributed by atoms with Crippen molar-refractivity contribution < 1.29 is 14.4 Å². The van der Waals surface area contributed by atoms with Gasteiger partial charge in [0.2, 0.25) is 11.8 Å². The van der Waals surface area contributed by atoms with Crippen molar-refractivity contribution >= 4 is 17.7 Å². The topological polar surface area (TPSA) is 66.5 Å². The summed E-state index contributed by atoms with van der Waals surface area (Å²) < 4.78 is 0. The summed E-state index contributed by atoms with van der Waals surface area (Å²) >= 11 is 0. The zero-order valence-electron chi connectivity index (χ0n) is 14.1. The maximum absolute atomic E-state index is 12.3. The van der Waals surface area contributed by atoms with Crippen LogP contribution < -0.4 is 5.32 Å². The molecule has 0 unspecified atom stereocenters. The molecule has 0 radical (unpaired) electrons. The van der Waals surface area contributed by atoms with Crippen LogP contribution in [0.4, 0.5) is 0 Å². The highest BCUT2D eigenvalue weighted by molar-refractivity contribution is 6.02. The molecule has 0 saturated carbocycles. The quantitative estimate of drug-likeness (QED) is 0.853. The molecule has 3 rings (SSSR count). The number of imide groups is 1. The van der Waals surface area contributed by atoms with E-state index < -0.39 is 0 Å². The van der Waals surface area contributed by atoms with Crippen molar-refractivity contribution in [2.24, 2.45) is 0 Å². The van der Waals surface area contributed by atoms with Crippen LogP contribution in [0.15, 0.2) is 48.5 Å². The molecule has 5 nitrogen and oxygen atoms in total. The van der Waals surface area contributed by atoms with Gasteiger partial charge in [0, 0.05) is 31.5 Å². The van der Waals surface area contributed by atoms with E-state index in [2.05, 4.69) is 5.32 Å². The monoisotopic (exact) mass is 336 g/mol. The van der Waals surface area contributed by atoms with Gasteiger partial charge in [0.1, 0.15) is 0 Å². The highest BCUT2D eigenvalue weighted by Gasteiger charge is 2.28. The third-order valence-corrected chi connectivity index (χ3v) is 4.35. The fourth-order valence-electron chi connectivity index (χ4n) is 3.00. The Morgan fingerprint density at radius 2 is 1.72 bits per heavy atom. The first-order valence-corrected chi connectivity index (χ1v) is 8.34. The fourth-order valence-corrected chi connectivity index (χ4v) is 3.00. The van der Waals surface area contributed by atoms with Crippen molar-refractivity contribution in [2.75, 3.05) is 13.1 Å². The first-order valence-electron chi connectivity index (χ1n) is 8.34. The molecule has 0 aromatic heterocycles. The largest absolute Gasteiger partial charge is 0.350 e. The second-order valence-electron chi connectivity index (χ2n) is 6.09. The van der Waals surface area contributed by atoms with E-state index in [-0.39, 0.29) is 43.7 Å². The minimum Gasteiger partial charge on any atom is -0.350 e. The van der Waals surface area contributed by atoms with Gasteiger partial charge in [0.25, 0.3) is 5.91 Å². The standard InChI is InChI=1S/C20H20N2O3/c1-14-13-16(7-8-17(14)15-5-3-2-4-6-15)20(25)21-11-12-22-18(23)9-10-19(22)24/h2-8,13H,9-12H2,1H3,(H,21,25). The van der Waals surface area contributed by atoms with Crippen LogP contribution >= 0.6 is 0 Å². The number of nitrogens with one attached hydrogen (secondary N) is 1. The van der Waals surface area contributed by atoms with Crippen molar-refractivity contribution in [1.29, 1.82) is 0 Å². The van der Waals surface area contributed by atoms with Gasteiger partial charge in [-0.15, -0.1) is 0 Å². The molecule has 2 aromatic carbocycles. The normalized spacial score (nSPS) is 14.0. The van der Waals surface area contributed by atoms with E-state index in [4.69, 9.17) is 0 Å². The third-order valence-electron chi connectivity index (χ3n) is 4.35. The summed E-state index contributed by atoms with van der Waals surface area (Å²) in [5.74, 6) is -0.536. The smallest absolute Gasteiger partial charge is 0.251 e. The number of benzene rings is 2. The number of hydrogen-bond donors (Lipinski definition) is 1. The number of hydrogen-bond acceptors (Lipinski definition) is 3. The lowest BCUT2D eigenvalue weighted by atomic mass is 9.98. The van der Waals surface area contributed by atoms with Crippen LogP contribution in [0.5, 0.6) is 0 Å². The van der Waals surface area contributed by atoms with Gasteiger partial charge in [-0.05, 0) is 35.7 Å². The molecule has 1 aliphatic heterocycles. The molecule has 1 saturated heterocycles. The van der Waals surface area contributed by atoms with Crippen molar-refractivity contribution in [3.8, 4) is 11.1 Å². The number of amides is 3. The molecule has 1 aliphatic rings. The number of likely N-dealkylation sites (tertiary alicyclic amines) is 1. The Morgan fingerprint density at radius 1 is 1.04 bits per heavy atom. The molecular formula is C20H20N2O3. The maximum Gasteiger partial charge on any atom is 0.251 e. The van der Waals surface area contributed by atoms with Crippen LogP contribution in [0, 0.1) is 6.92 Å². The van der Waals surface area contributed by atoms with E-state index in [0.717, 1.165) is 16.7 Å². The number of carbonyl (C=O) groups is 3. The molecule has 2 aromatic rings. The molecule has 25 heavy (non-hydrogen) atoms. The Bertz CT molecular complexity index is 799. The molecule has 3 amide bonds. The Morgan fingerprint density at radius 3 is 2.36 bits per heavy atom. The molecule has 0 aliphatic carbocycles. The van der Waals surface area contributed by atoms with E-state index in [0.29, 0.717) is 5.56 Å². The number of carbonyl (C=O) groups excluding carboxylic acids is 3. The number of rotatable bonds is 5. The molecule has 128 valence electrons. The van der Waals surface area contributed by atoms with Crippen LogP contribution in [-0.2, 0) is 9.59 Å². The number of aryl methyl sites for hydroxylation is 1. The van der Waals surface area contributed by atoms with E-state index in [1.54, 1.807) is 6.07 Å². The second-order valence-corrected chi connectivity index (χ2v) is 6.09. The van der Waals surface area contributed by atoms with Gasteiger partial charge in [-0.2, -0.15) is 0 Å². The average molecular weight is 336 g/mol. The first-order chi connectivity index (χ1) is 12.1. The van der Waals surface area contributed by atoms with Crippen LogP contribution in [0.2, 0.25) is 0 Å². The molecule has 0 bridgehead atoms. The SMILES string of the molecule is Cc1cc(C(=O)NCCN2C(=O)CCC2=O)ccc1-c1ccccc1. The highest BCUT2D eigenvalue weighted by atomic mass is 16.2. The van der Waals surface area contributed by atoms with Gasteiger partial charge in [0.15, 0.2) is 0 Å². The summed E-state index contributed by atoms with van der Waals surface area (Å²) in [7, 11) is 0. The molecule has 0 spiro atoms. The minimum atomic E-state index is -0.207. The van der Waals surface area contributed by atoms with E-state index in [1.165, 1.54) is 4.90 Å². The lowest BCUT2D eigenvalue weighted by molar-refractivity contribution is -0.138.